The zero-order valence-electron chi connectivity index (χ0n) is 16.4. The molecule has 146 valence electrons. The van der Waals surface area contributed by atoms with Crippen LogP contribution in [0.2, 0.25) is 0 Å². The third kappa shape index (κ3) is 2.99. The molecule has 4 rings (SSSR count). The average molecular weight is 387 g/mol. The molecule has 3 N–H and O–H groups in total. The molecule has 0 spiro atoms. The highest BCUT2D eigenvalue weighted by Crippen LogP contribution is 2.41. The van der Waals surface area contributed by atoms with Gasteiger partial charge < -0.3 is 20.7 Å². The van der Waals surface area contributed by atoms with E-state index in [0.717, 1.165) is 5.69 Å². The van der Waals surface area contributed by atoms with Gasteiger partial charge in [-0.25, -0.2) is 0 Å². The maximum Gasteiger partial charge on any atom is 0.196 e. The summed E-state index contributed by atoms with van der Waals surface area (Å²) in [4.78, 5) is 28.4. The normalized spacial score (nSPS) is 12.2. The van der Waals surface area contributed by atoms with Crippen LogP contribution in [-0.2, 0) is 0 Å². The molecule has 0 aliphatic heterocycles. The number of nitrogens with one attached hydrogen (secondary N) is 1. The standard InChI is InChI=1S/C23H21N3O3/c1-26(2)18-12-17(25-13-7-6-8-14(11-13)29-3)19-20(21(18)24)23(28)16-10-5-4-9-15(16)22(19)27/h4-12,25H,24H2,1-3H3. The first-order valence-electron chi connectivity index (χ1n) is 9.15. The minimum absolute atomic E-state index is 0.224. The molecule has 0 bridgehead atoms. The van der Waals surface area contributed by atoms with Crippen molar-refractivity contribution in [3.05, 3.63) is 76.9 Å². The number of nitrogens with zero attached hydrogens (tertiary/aromatic N) is 1. The fourth-order valence-electron chi connectivity index (χ4n) is 3.63. The van der Waals surface area contributed by atoms with E-state index in [1.54, 1.807) is 37.4 Å². The van der Waals surface area contributed by atoms with Gasteiger partial charge in [0.1, 0.15) is 5.75 Å². The molecule has 3 aromatic rings. The van der Waals surface area contributed by atoms with Crippen molar-refractivity contribution >= 4 is 34.3 Å². The van der Waals surface area contributed by atoms with Gasteiger partial charge in [0.25, 0.3) is 0 Å². The lowest BCUT2D eigenvalue weighted by Gasteiger charge is -2.26. The first kappa shape index (κ1) is 18.6. The molecule has 0 radical (unpaired) electrons. The number of carbonyl (C=O) groups is 2. The molecule has 0 amide bonds. The Bertz CT molecular complexity index is 1150. The van der Waals surface area contributed by atoms with Gasteiger partial charge >= 0.3 is 0 Å². The molecule has 6 heteroatoms. The lowest BCUT2D eigenvalue weighted by Crippen LogP contribution is -2.25. The maximum atomic E-state index is 13.3. The molecule has 0 aromatic heterocycles. The molecule has 0 saturated heterocycles. The van der Waals surface area contributed by atoms with E-state index in [4.69, 9.17) is 10.5 Å². The van der Waals surface area contributed by atoms with Crippen molar-refractivity contribution < 1.29 is 14.3 Å². The Kier molecular flexibility index (Phi) is 4.47. The fourth-order valence-corrected chi connectivity index (χ4v) is 3.63. The van der Waals surface area contributed by atoms with Crippen molar-refractivity contribution in [3.8, 4) is 5.75 Å². The highest BCUT2D eigenvalue weighted by molar-refractivity contribution is 6.32. The van der Waals surface area contributed by atoms with Crippen molar-refractivity contribution in [3.63, 3.8) is 0 Å². The number of ketones is 2. The fraction of sp³-hybridized carbons (Fsp3) is 0.130. The number of hydrogen-bond donors (Lipinski definition) is 2. The summed E-state index contributed by atoms with van der Waals surface area (Å²) in [6.45, 7) is 0. The largest absolute Gasteiger partial charge is 0.497 e. The first-order chi connectivity index (χ1) is 13.9. The Hall–Kier alpha value is -3.80. The Morgan fingerprint density at radius 2 is 1.55 bits per heavy atom. The summed E-state index contributed by atoms with van der Waals surface area (Å²) in [5, 5.41) is 3.28. The van der Waals surface area contributed by atoms with E-state index < -0.39 is 0 Å². The highest BCUT2D eigenvalue weighted by atomic mass is 16.5. The smallest absolute Gasteiger partial charge is 0.196 e. The quantitative estimate of drug-likeness (QED) is 0.517. The van der Waals surface area contributed by atoms with Crippen LogP contribution < -0.4 is 20.7 Å². The van der Waals surface area contributed by atoms with Crippen LogP contribution in [-0.4, -0.2) is 32.8 Å². The predicted molar refractivity (Wildman–Crippen MR) is 115 cm³/mol. The van der Waals surface area contributed by atoms with Gasteiger partial charge in [-0.2, -0.15) is 0 Å². The number of fused-ring (bicyclic) bond motifs is 2. The molecule has 0 heterocycles. The lowest BCUT2D eigenvalue weighted by atomic mass is 9.81. The molecule has 1 aliphatic rings. The van der Waals surface area contributed by atoms with Gasteiger partial charge in [0, 0.05) is 37.0 Å². The third-order valence-corrected chi connectivity index (χ3v) is 5.05. The molecule has 0 fully saturated rings. The van der Waals surface area contributed by atoms with Crippen LogP contribution in [0.1, 0.15) is 31.8 Å². The lowest BCUT2D eigenvalue weighted by molar-refractivity contribution is 0.0980. The second-order valence-corrected chi connectivity index (χ2v) is 7.06. The topological polar surface area (TPSA) is 84.7 Å². The minimum atomic E-state index is -0.245. The van der Waals surface area contributed by atoms with Crippen LogP contribution >= 0.6 is 0 Å². The van der Waals surface area contributed by atoms with Crippen LogP contribution in [0.15, 0.2) is 54.6 Å². The Labute approximate surface area is 168 Å². The van der Waals surface area contributed by atoms with Crippen LogP contribution in [0, 0.1) is 0 Å². The van der Waals surface area contributed by atoms with Crippen molar-refractivity contribution in [1.29, 1.82) is 0 Å². The Balaban J connectivity index is 1.95. The molecule has 3 aromatic carbocycles. The molecule has 0 atom stereocenters. The second-order valence-electron chi connectivity index (χ2n) is 7.06. The number of nitrogens with two attached hydrogens (primary N) is 1. The van der Waals surface area contributed by atoms with Gasteiger partial charge in [-0.15, -0.1) is 0 Å². The van der Waals surface area contributed by atoms with Crippen molar-refractivity contribution in [2.45, 2.75) is 0 Å². The third-order valence-electron chi connectivity index (χ3n) is 5.05. The number of ether oxygens (including phenoxy) is 1. The molecule has 6 nitrogen and oxygen atoms in total. The van der Waals surface area contributed by atoms with E-state index in [2.05, 4.69) is 5.32 Å². The van der Waals surface area contributed by atoms with Gasteiger partial charge in [-0.3, -0.25) is 9.59 Å². The van der Waals surface area contributed by atoms with E-state index >= 15 is 0 Å². The van der Waals surface area contributed by atoms with Crippen molar-refractivity contribution in [2.24, 2.45) is 0 Å². The summed E-state index contributed by atoms with van der Waals surface area (Å²) < 4.78 is 5.28. The number of nitrogen functional groups attached to an aromatic ring is 1. The first-order valence-corrected chi connectivity index (χ1v) is 9.15. The molecule has 0 saturated carbocycles. The maximum absolute atomic E-state index is 13.3. The SMILES string of the molecule is COc1cccc(Nc2cc(N(C)C)c(N)c3c2C(=O)c2ccccc2C3=O)c1. The predicted octanol–water partition coefficient (Wildman–Crippen LogP) is 3.86. The number of benzene rings is 3. The molecule has 29 heavy (non-hydrogen) atoms. The highest BCUT2D eigenvalue weighted by Gasteiger charge is 2.35. The van der Waals surface area contributed by atoms with Gasteiger partial charge in [-0.1, -0.05) is 30.3 Å². The van der Waals surface area contributed by atoms with Crippen LogP contribution in [0.5, 0.6) is 5.75 Å². The second kappa shape index (κ2) is 6.98. The van der Waals surface area contributed by atoms with Crippen LogP contribution in [0.25, 0.3) is 0 Å². The molecule has 0 unspecified atom stereocenters. The summed E-state index contributed by atoms with van der Waals surface area (Å²) in [6, 6.07) is 16.0. The summed E-state index contributed by atoms with van der Waals surface area (Å²) in [5.41, 5.74) is 9.88. The number of methoxy groups -OCH3 is 1. The molecular formula is C23H21N3O3. The minimum Gasteiger partial charge on any atom is -0.497 e. The number of rotatable bonds is 4. The Morgan fingerprint density at radius 1 is 0.897 bits per heavy atom. The van der Waals surface area contributed by atoms with Crippen molar-refractivity contribution in [1.82, 2.24) is 0 Å². The van der Waals surface area contributed by atoms with Gasteiger partial charge in [-0.05, 0) is 18.2 Å². The van der Waals surface area contributed by atoms with Crippen LogP contribution in [0.3, 0.4) is 0 Å². The van der Waals surface area contributed by atoms with Gasteiger partial charge in [0.15, 0.2) is 11.6 Å². The monoisotopic (exact) mass is 387 g/mol. The van der Waals surface area contributed by atoms with Gasteiger partial charge in [0.05, 0.1) is 35.3 Å². The molecule has 1 aliphatic carbocycles. The van der Waals surface area contributed by atoms with E-state index in [1.165, 1.54) is 0 Å². The summed E-state index contributed by atoms with van der Waals surface area (Å²) in [5.74, 6) is 0.211. The van der Waals surface area contributed by atoms with E-state index in [9.17, 15) is 9.59 Å². The van der Waals surface area contributed by atoms with E-state index in [-0.39, 0.29) is 17.1 Å². The van der Waals surface area contributed by atoms with E-state index in [1.807, 2.05) is 43.3 Å². The van der Waals surface area contributed by atoms with Crippen LogP contribution in [0.4, 0.5) is 22.7 Å². The summed E-state index contributed by atoms with van der Waals surface area (Å²) in [7, 11) is 5.28. The molecular weight excluding hydrogens is 366 g/mol. The number of carbonyl (C=O) groups excluding carboxylic acids is 2. The zero-order chi connectivity index (χ0) is 20.7. The zero-order valence-corrected chi connectivity index (χ0v) is 16.4. The van der Waals surface area contributed by atoms with Crippen molar-refractivity contribution in [2.75, 3.05) is 37.2 Å². The number of anilines is 4. The number of hydrogen-bond acceptors (Lipinski definition) is 6. The van der Waals surface area contributed by atoms with Gasteiger partial charge in [0.2, 0.25) is 0 Å². The average Bonchev–Trinajstić information content (AvgIpc) is 2.72. The summed E-state index contributed by atoms with van der Waals surface area (Å²) >= 11 is 0. The Morgan fingerprint density at radius 3 is 2.17 bits per heavy atom. The summed E-state index contributed by atoms with van der Waals surface area (Å²) in [6.07, 6.45) is 0. The van der Waals surface area contributed by atoms with E-state index in [0.29, 0.717) is 39.5 Å².